The van der Waals surface area contributed by atoms with Crippen molar-refractivity contribution in [2.45, 2.75) is 39.0 Å². The van der Waals surface area contributed by atoms with Crippen LogP contribution in [0.15, 0.2) is 42.9 Å². The van der Waals surface area contributed by atoms with Gasteiger partial charge >= 0.3 is 0 Å². The summed E-state index contributed by atoms with van der Waals surface area (Å²) in [5, 5.41) is 22.5. The molecule has 1 aliphatic heterocycles. The van der Waals surface area contributed by atoms with Crippen molar-refractivity contribution in [1.82, 2.24) is 30.4 Å². The third-order valence-corrected chi connectivity index (χ3v) is 5.80. The van der Waals surface area contributed by atoms with Crippen molar-refractivity contribution in [2.75, 3.05) is 25.0 Å². The molecule has 0 aromatic carbocycles. The Morgan fingerprint density at radius 3 is 2.85 bits per heavy atom. The fourth-order valence-electron chi connectivity index (χ4n) is 3.83. The Balaban J connectivity index is 1.43. The van der Waals surface area contributed by atoms with Gasteiger partial charge in [0, 0.05) is 55.8 Å². The Bertz CT molecular complexity index is 1210. The molecule has 1 aliphatic rings. The molecule has 34 heavy (non-hydrogen) atoms. The fourth-order valence-corrected chi connectivity index (χ4v) is 3.83. The SMILES string of the molecule is CC(C)c1cnnc(Nc2ccc3ncc(/C(C=N)=C/NCCCN4CCCC4=O)cc3n2)c1. The van der Waals surface area contributed by atoms with Crippen LogP contribution in [0.25, 0.3) is 16.6 Å². The van der Waals surface area contributed by atoms with E-state index in [0.717, 1.165) is 54.6 Å². The third-order valence-electron chi connectivity index (χ3n) is 5.80. The maximum Gasteiger partial charge on any atom is 0.222 e. The molecule has 0 unspecified atom stereocenters. The summed E-state index contributed by atoms with van der Waals surface area (Å²) in [4.78, 5) is 22.8. The minimum absolute atomic E-state index is 0.249. The molecule has 4 rings (SSSR count). The van der Waals surface area contributed by atoms with Gasteiger partial charge in [0.2, 0.25) is 5.91 Å². The van der Waals surface area contributed by atoms with E-state index in [4.69, 9.17) is 5.41 Å². The van der Waals surface area contributed by atoms with Crippen LogP contribution < -0.4 is 10.6 Å². The molecule has 0 radical (unpaired) electrons. The molecule has 9 heteroatoms. The highest BCUT2D eigenvalue weighted by Gasteiger charge is 2.18. The van der Waals surface area contributed by atoms with Gasteiger partial charge < -0.3 is 20.9 Å². The van der Waals surface area contributed by atoms with Gasteiger partial charge in [0.1, 0.15) is 5.82 Å². The number of likely N-dealkylation sites (tertiary alicyclic amines) is 1. The Morgan fingerprint density at radius 2 is 2.09 bits per heavy atom. The fraction of sp³-hybridized carbons (Fsp3) is 0.360. The summed E-state index contributed by atoms with van der Waals surface area (Å²) >= 11 is 0. The normalized spacial score (nSPS) is 14.1. The van der Waals surface area contributed by atoms with E-state index >= 15 is 0 Å². The number of anilines is 2. The summed E-state index contributed by atoms with van der Waals surface area (Å²) in [5.41, 5.74) is 4.10. The second-order valence-corrected chi connectivity index (χ2v) is 8.65. The van der Waals surface area contributed by atoms with Crippen molar-refractivity contribution in [2.24, 2.45) is 0 Å². The molecular weight excluding hydrogens is 428 g/mol. The lowest BCUT2D eigenvalue weighted by atomic mass is 10.1. The first kappa shape index (κ1) is 23.3. The number of rotatable bonds is 10. The summed E-state index contributed by atoms with van der Waals surface area (Å²) in [6.45, 7) is 6.58. The number of pyridine rings is 2. The molecule has 3 aromatic heterocycles. The average molecular weight is 459 g/mol. The lowest BCUT2D eigenvalue weighted by Crippen LogP contribution is -2.27. The number of allylic oxidation sites excluding steroid dienone is 1. The predicted octanol–water partition coefficient (Wildman–Crippen LogP) is 3.88. The first-order chi connectivity index (χ1) is 16.5. The van der Waals surface area contributed by atoms with Gasteiger partial charge in [0.05, 0.1) is 17.2 Å². The number of hydrogen-bond acceptors (Lipinski definition) is 8. The highest BCUT2D eigenvalue weighted by molar-refractivity contribution is 6.08. The monoisotopic (exact) mass is 458 g/mol. The average Bonchev–Trinajstić information content (AvgIpc) is 3.25. The van der Waals surface area contributed by atoms with Crippen molar-refractivity contribution >= 4 is 40.4 Å². The molecule has 4 heterocycles. The van der Waals surface area contributed by atoms with Crippen LogP contribution in [0.3, 0.4) is 0 Å². The number of hydrogen-bond donors (Lipinski definition) is 3. The van der Waals surface area contributed by atoms with Crippen LogP contribution in [0.2, 0.25) is 0 Å². The van der Waals surface area contributed by atoms with Crippen molar-refractivity contribution in [3.63, 3.8) is 0 Å². The summed E-state index contributed by atoms with van der Waals surface area (Å²) in [7, 11) is 0. The van der Waals surface area contributed by atoms with Gasteiger partial charge in [-0.2, -0.15) is 5.10 Å². The molecule has 1 amide bonds. The van der Waals surface area contributed by atoms with Crippen molar-refractivity contribution in [3.8, 4) is 0 Å². The smallest absolute Gasteiger partial charge is 0.222 e. The number of carbonyl (C=O) groups excluding carboxylic acids is 1. The number of nitrogens with zero attached hydrogens (tertiary/aromatic N) is 5. The predicted molar refractivity (Wildman–Crippen MR) is 134 cm³/mol. The summed E-state index contributed by atoms with van der Waals surface area (Å²) < 4.78 is 0. The minimum Gasteiger partial charge on any atom is -0.390 e. The zero-order chi connectivity index (χ0) is 23.9. The molecule has 9 nitrogen and oxygen atoms in total. The Morgan fingerprint density at radius 1 is 1.21 bits per heavy atom. The standard InChI is InChI=1S/C25H30N8O/c1-17(2)18-12-24(32-29-16-18)31-23-7-6-21-22(30-23)11-19(15-28-21)20(13-26)14-27-8-4-10-33-9-3-5-25(33)34/h6-7,11-17,26-27H,3-5,8-10H2,1-2H3,(H,30,31,32)/b20-14+,26-13?. The highest BCUT2D eigenvalue weighted by Crippen LogP contribution is 2.21. The van der Waals surface area contributed by atoms with Gasteiger partial charge in [0.25, 0.3) is 0 Å². The minimum atomic E-state index is 0.249. The molecule has 3 aromatic rings. The number of amides is 1. The molecule has 1 fully saturated rings. The molecule has 176 valence electrons. The van der Waals surface area contributed by atoms with Gasteiger partial charge in [-0.1, -0.05) is 13.8 Å². The molecule has 1 saturated heterocycles. The molecule has 0 bridgehead atoms. The van der Waals surface area contributed by atoms with Crippen LogP contribution in [0.5, 0.6) is 0 Å². The van der Waals surface area contributed by atoms with Crippen molar-refractivity contribution < 1.29 is 4.79 Å². The molecule has 0 atom stereocenters. The van der Waals surface area contributed by atoms with E-state index in [1.54, 1.807) is 12.4 Å². The number of fused-ring (bicyclic) bond motifs is 1. The van der Waals surface area contributed by atoms with Crippen LogP contribution in [-0.4, -0.2) is 56.8 Å². The number of carbonyl (C=O) groups is 1. The van der Waals surface area contributed by atoms with Gasteiger partial charge in [-0.3, -0.25) is 9.78 Å². The summed E-state index contributed by atoms with van der Waals surface area (Å²) in [6.07, 6.45) is 9.12. The second-order valence-electron chi connectivity index (χ2n) is 8.65. The Hall–Kier alpha value is -3.88. The third kappa shape index (κ3) is 5.72. The van der Waals surface area contributed by atoms with E-state index in [1.807, 2.05) is 35.4 Å². The van der Waals surface area contributed by atoms with Crippen LogP contribution in [-0.2, 0) is 4.79 Å². The number of aromatic nitrogens is 4. The van der Waals surface area contributed by atoms with E-state index in [1.165, 1.54) is 6.21 Å². The molecule has 0 saturated carbocycles. The van der Waals surface area contributed by atoms with Crippen LogP contribution >= 0.6 is 0 Å². The summed E-state index contributed by atoms with van der Waals surface area (Å²) in [6, 6.07) is 7.66. The number of nitrogens with one attached hydrogen (secondary N) is 3. The quantitative estimate of drug-likeness (QED) is 0.311. The van der Waals surface area contributed by atoms with E-state index in [-0.39, 0.29) is 5.91 Å². The zero-order valence-corrected chi connectivity index (χ0v) is 19.6. The van der Waals surface area contributed by atoms with E-state index in [9.17, 15) is 4.79 Å². The molecule has 0 spiro atoms. The van der Waals surface area contributed by atoms with E-state index < -0.39 is 0 Å². The molecule has 0 aliphatic carbocycles. The van der Waals surface area contributed by atoms with Crippen LogP contribution in [0.1, 0.15) is 50.2 Å². The maximum absolute atomic E-state index is 11.7. The second kappa shape index (κ2) is 10.8. The highest BCUT2D eigenvalue weighted by atomic mass is 16.2. The lowest BCUT2D eigenvalue weighted by molar-refractivity contribution is -0.127. The largest absolute Gasteiger partial charge is 0.390 e. The van der Waals surface area contributed by atoms with E-state index in [2.05, 4.69) is 44.6 Å². The lowest BCUT2D eigenvalue weighted by Gasteiger charge is -2.15. The first-order valence-electron chi connectivity index (χ1n) is 11.6. The summed E-state index contributed by atoms with van der Waals surface area (Å²) in [5.74, 6) is 1.90. The van der Waals surface area contributed by atoms with Crippen LogP contribution in [0.4, 0.5) is 11.6 Å². The van der Waals surface area contributed by atoms with Crippen molar-refractivity contribution in [1.29, 1.82) is 5.41 Å². The van der Waals surface area contributed by atoms with Gasteiger partial charge in [-0.05, 0) is 48.6 Å². The van der Waals surface area contributed by atoms with Gasteiger partial charge in [0.15, 0.2) is 5.82 Å². The van der Waals surface area contributed by atoms with Gasteiger partial charge in [-0.25, -0.2) is 4.98 Å². The maximum atomic E-state index is 11.7. The first-order valence-corrected chi connectivity index (χ1v) is 11.6. The Labute approximate surface area is 199 Å². The topological polar surface area (TPSA) is 120 Å². The van der Waals surface area contributed by atoms with Crippen molar-refractivity contribution in [3.05, 3.63) is 54.0 Å². The van der Waals surface area contributed by atoms with Crippen LogP contribution in [0, 0.1) is 5.41 Å². The Kier molecular flexibility index (Phi) is 7.41. The molecular formula is C25H30N8O. The molecule has 3 N–H and O–H groups in total. The zero-order valence-electron chi connectivity index (χ0n) is 19.6. The van der Waals surface area contributed by atoms with Gasteiger partial charge in [-0.15, -0.1) is 5.10 Å². The van der Waals surface area contributed by atoms with E-state index in [0.29, 0.717) is 29.5 Å².